The van der Waals surface area contributed by atoms with E-state index in [2.05, 4.69) is 0 Å². The molecule has 42 heavy (non-hydrogen) atoms. The minimum absolute atomic E-state index is 0.00593. The van der Waals surface area contributed by atoms with Crippen LogP contribution in [0.15, 0.2) is 35.3 Å². The SMILES string of the molecule is O=C(O)c1cn(C2CC2)c2c3c(c(F)cc2c1=O)N1C[C@H](COc2ccc(N4CC(CO)OC4=O)cc2F)C[C@H]1CO3. The highest BCUT2D eigenvalue weighted by atomic mass is 19.1. The number of carboxylic acid groups (broad SMARTS) is 1. The number of carboxylic acids is 1. The molecule has 2 N–H and O–H groups in total. The third-order valence-corrected chi connectivity index (χ3v) is 8.36. The fraction of sp³-hybridized carbons (Fsp3) is 0.414. The maximum atomic E-state index is 15.6. The van der Waals surface area contributed by atoms with E-state index in [1.54, 1.807) is 4.57 Å². The summed E-state index contributed by atoms with van der Waals surface area (Å²) in [6.45, 7) is 0.590. The van der Waals surface area contributed by atoms with Crippen molar-refractivity contribution in [2.75, 3.05) is 42.7 Å². The van der Waals surface area contributed by atoms with Crippen LogP contribution in [0.1, 0.15) is 35.7 Å². The van der Waals surface area contributed by atoms with E-state index in [1.165, 1.54) is 29.3 Å². The molecule has 1 aliphatic carbocycles. The average molecular weight is 584 g/mol. The molecule has 0 spiro atoms. The molecule has 13 heteroatoms. The minimum atomic E-state index is -1.36. The lowest BCUT2D eigenvalue weighted by atomic mass is 10.1. The predicted molar refractivity (Wildman–Crippen MR) is 145 cm³/mol. The summed E-state index contributed by atoms with van der Waals surface area (Å²) in [7, 11) is 0. The first-order chi connectivity index (χ1) is 20.2. The number of carbonyl (C=O) groups is 2. The molecule has 0 bridgehead atoms. The number of hydrogen-bond donors (Lipinski definition) is 2. The zero-order valence-corrected chi connectivity index (χ0v) is 22.3. The fourth-order valence-corrected chi connectivity index (χ4v) is 6.20. The van der Waals surface area contributed by atoms with E-state index < -0.39 is 40.8 Å². The molecule has 3 atom stereocenters. The highest BCUT2D eigenvalue weighted by Gasteiger charge is 2.41. The zero-order chi connectivity index (χ0) is 29.3. The standard InChI is InChI=1S/C29H27F2N3O8/c30-21-6-16(34-9-18(11-35)42-29(34)39)3-4-23(21)40-12-14-5-17-13-41-27-24-19(7-22(31)25(27)32(17)8-14)26(36)20(28(37)38)10-33(24)15-1-2-15/h3-4,6-7,10,14-15,17-18,35H,1-2,5,8-9,11-13H2,(H,37,38)/t14-,17+,18?/m1/s1. The van der Waals surface area contributed by atoms with Crippen LogP contribution < -0.4 is 24.7 Å². The number of rotatable bonds is 7. The third kappa shape index (κ3) is 4.30. The number of hydrogen-bond acceptors (Lipinski definition) is 8. The maximum absolute atomic E-state index is 15.6. The van der Waals surface area contributed by atoms with Crippen LogP contribution in [0, 0.1) is 17.6 Å². The second-order valence-corrected chi connectivity index (χ2v) is 11.2. The van der Waals surface area contributed by atoms with E-state index in [1.807, 2.05) is 4.90 Å². The van der Waals surface area contributed by atoms with Crippen molar-refractivity contribution in [3.63, 3.8) is 0 Å². The van der Waals surface area contributed by atoms with Gasteiger partial charge in [0.1, 0.15) is 24.0 Å². The van der Waals surface area contributed by atoms with Gasteiger partial charge < -0.3 is 33.9 Å². The quantitative estimate of drug-likeness (QED) is 0.430. The van der Waals surface area contributed by atoms with Gasteiger partial charge in [0, 0.05) is 30.8 Å². The molecule has 4 heterocycles. The molecular weight excluding hydrogens is 556 g/mol. The third-order valence-electron chi connectivity index (χ3n) is 8.36. The summed E-state index contributed by atoms with van der Waals surface area (Å²) in [6, 6.07) is 5.10. The van der Waals surface area contributed by atoms with Crippen molar-refractivity contribution in [1.82, 2.24) is 4.57 Å². The number of aliphatic hydroxyl groups excluding tert-OH is 1. The van der Waals surface area contributed by atoms with Gasteiger partial charge in [-0.2, -0.15) is 0 Å². The number of halogens is 2. The predicted octanol–water partition coefficient (Wildman–Crippen LogP) is 3.30. The summed E-state index contributed by atoms with van der Waals surface area (Å²) in [4.78, 5) is 39.8. The number of carbonyl (C=O) groups excluding carboxylic acids is 1. The summed E-state index contributed by atoms with van der Waals surface area (Å²) in [5, 5.41) is 18.7. The molecule has 0 radical (unpaired) electrons. The second-order valence-electron chi connectivity index (χ2n) is 11.2. The molecule has 1 amide bonds. The normalized spacial score (nSPS) is 23.0. The van der Waals surface area contributed by atoms with Gasteiger partial charge >= 0.3 is 12.1 Å². The van der Waals surface area contributed by atoms with Crippen molar-refractivity contribution in [2.45, 2.75) is 37.5 Å². The van der Waals surface area contributed by atoms with Crippen molar-refractivity contribution in [3.8, 4) is 11.5 Å². The molecule has 3 aliphatic heterocycles. The number of cyclic esters (lactones) is 1. The van der Waals surface area contributed by atoms with Gasteiger partial charge in [0.15, 0.2) is 23.1 Å². The Morgan fingerprint density at radius 1 is 1.10 bits per heavy atom. The van der Waals surface area contributed by atoms with E-state index in [0.717, 1.165) is 18.9 Å². The van der Waals surface area contributed by atoms with Crippen LogP contribution >= 0.6 is 0 Å². The molecule has 4 aliphatic rings. The highest BCUT2D eigenvalue weighted by Crippen LogP contribution is 2.48. The Kier molecular flexibility index (Phi) is 6.22. The molecule has 1 unspecified atom stereocenters. The largest absolute Gasteiger partial charge is 0.490 e. The Bertz CT molecular complexity index is 1690. The molecular formula is C29H27F2N3O8. The molecule has 3 fully saturated rings. The summed E-state index contributed by atoms with van der Waals surface area (Å²) < 4.78 is 49.1. The fourth-order valence-electron chi connectivity index (χ4n) is 6.20. The van der Waals surface area contributed by atoms with Crippen molar-refractivity contribution in [2.24, 2.45) is 5.92 Å². The Morgan fingerprint density at radius 2 is 1.90 bits per heavy atom. The van der Waals surface area contributed by atoms with E-state index in [9.17, 15) is 29.0 Å². The monoisotopic (exact) mass is 583 g/mol. The molecule has 2 saturated heterocycles. The molecule has 220 valence electrons. The van der Waals surface area contributed by atoms with Crippen LogP contribution in [-0.4, -0.2) is 71.9 Å². The number of benzene rings is 2. The first-order valence-corrected chi connectivity index (χ1v) is 13.8. The minimum Gasteiger partial charge on any atom is -0.490 e. The van der Waals surface area contributed by atoms with E-state index in [4.69, 9.17) is 14.2 Å². The molecule has 2 aromatic carbocycles. The van der Waals surface area contributed by atoms with Gasteiger partial charge in [-0.05, 0) is 37.5 Å². The Balaban J connectivity index is 1.12. The number of anilines is 2. The van der Waals surface area contributed by atoms with Crippen LogP contribution in [0.3, 0.4) is 0 Å². The number of aliphatic hydroxyl groups is 1. The topological polar surface area (TPSA) is 131 Å². The van der Waals surface area contributed by atoms with Crippen LogP contribution in [0.25, 0.3) is 10.9 Å². The van der Waals surface area contributed by atoms with E-state index in [0.29, 0.717) is 18.5 Å². The van der Waals surface area contributed by atoms with Crippen LogP contribution in [0.4, 0.5) is 25.0 Å². The summed E-state index contributed by atoms with van der Waals surface area (Å²) in [5.74, 6) is -2.54. The van der Waals surface area contributed by atoms with Gasteiger partial charge in [0.05, 0.1) is 42.4 Å². The summed E-state index contributed by atoms with van der Waals surface area (Å²) in [5.41, 5.74) is -0.243. The molecule has 1 saturated carbocycles. The van der Waals surface area contributed by atoms with Gasteiger partial charge in [-0.15, -0.1) is 0 Å². The van der Waals surface area contributed by atoms with Gasteiger partial charge in [-0.1, -0.05) is 0 Å². The molecule has 3 aromatic rings. The van der Waals surface area contributed by atoms with Crippen LogP contribution in [-0.2, 0) is 4.74 Å². The maximum Gasteiger partial charge on any atom is 0.414 e. The molecule has 11 nitrogen and oxygen atoms in total. The molecule has 7 rings (SSSR count). The number of aromatic nitrogens is 1. The van der Waals surface area contributed by atoms with E-state index >= 15 is 4.39 Å². The average Bonchev–Trinajstić information content (AvgIpc) is 3.61. The lowest BCUT2D eigenvalue weighted by molar-refractivity contribution is 0.0694. The van der Waals surface area contributed by atoms with Crippen LogP contribution in [0.2, 0.25) is 0 Å². The number of pyridine rings is 1. The number of amides is 1. The van der Waals surface area contributed by atoms with Gasteiger partial charge in [0.25, 0.3) is 0 Å². The smallest absolute Gasteiger partial charge is 0.414 e. The summed E-state index contributed by atoms with van der Waals surface area (Å²) >= 11 is 0. The lowest BCUT2D eigenvalue weighted by Crippen LogP contribution is -2.39. The van der Waals surface area contributed by atoms with Crippen molar-refractivity contribution < 1.29 is 42.8 Å². The van der Waals surface area contributed by atoms with Gasteiger partial charge in [0.2, 0.25) is 5.43 Å². The number of aromatic carboxylic acids is 1. The Morgan fingerprint density at radius 3 is 2.60 bits per heavy atom. The number of fused-ring (bicyclic) bond motifs is 5. The number of ether oxygens (including phenoxy) is 3. The zero-order valence-electron chi connectivity index (χ0n) is 22.3. The van der Waals surface area contributed by atoms with Crippen LogP contribution in [0.5, 0.6) is 11.5 Å². The Labute approximate surface area is 237 Å². The lowest BCUT2D eigenvalue weighted by Gasteiger charge is -2.34. The Hall–Kier alpha value is -4.39. The van der Waals surface area contributed by atoms with E-state index in [-0.39, 0.29) is 72.6 Å². The first kappa shape index (κ1) is 26.5. The van der Waals surface area contributed by atoms with Crippen molar-refractivity contribution >= 4 is 34.3 Å². The second kappa shape index (κ2) is 9.86. The summed E-state index contributed by atoms with van der Waals surface area (Å²) in [6.07, 6.45) is 2.24. The number of nitrogens with zero attached hydrogens (tertiary/aromatic N) is 3. The van der Waals surface area contributed by atoms with Gasteiger partial charge in [-0.25, -0.2) is 18.4 Å². The first-order valence-electron chi connectivity index (χ1n) is 13.8. The van der Waals surface area contributed by atoms with Crippen molar-refractivity contribution in [3.05, 3.63) is 57.9 Å². The highest BCUT2D eigenvalue weighted by molar-refractivity contribution is 5.97. The van der Waals surface area contributed by atoms with Gasteiger partial charge in [-0.3, -0.25) is 9.69 Å². The van der Waals surface area contributed by atoms with Crippen molar-refractivity contribution in [1.29, 1.82) is 0 Å². The molecule has 1 aromatic heterocycles.